The topological polar surface area (TPSA) is 145 Å². The molecule has 1 saturated heterocycles. The zero-order valence-corrected chi connectivity index (χ0v) is 21.1. The van der Waals surface area contributed by atoms with Gasteiger partial charge in [0, 0.05) is 50.3 Å². The van der Waals surface area contributed by atoms with Crippen LogP contribution < -0.4 is 20.9 Å². The van der Waals surface area contributed by atoms with E-state index in [1.165, 1.54) is 0 Å². The van der Waals surface area contributed by atoms with Crippen LogP contribution in [0.1, 0.15) is 17.9 Å². The first kappa shape index (κ1) is 25.7. The molecule has 4 aromatic rings. The summed E-state index contributed by atoms with van der Waals surface area (Å²) in [6, 6.07) is 16.1. The molecule has 0 unspecified atom stereocenters. The van der Waals surface area contributed by atoms with Crippen molar-refractivity contribution in [3.8, 4) is 11.3 Å². The molecular formula is C28H28N8O3. The third kappa shape index (κ3) is 6.51. The van der Waals surface area contributed by atoms with E-state index >= 15 is 0 Å². The van der Waals surface area contributed by atoms with E-state index in [0.29, 0.717) is 28.6 Å². The lowest BCUT2D eigenvalue weighted by atomic mass is 9.94. The number of rotatable bonds is 9. The third-order valence-corrected chi connectivity index (χ3v) is 6.33. The van der Waals surface area contributed by atoms with Crippen molar-refractivity contribution >= 4 is 35.0 Å². The molecule has 1 atom stereocenters. The van der Waals surface area contributed by atoms with Crippen LogP contribution in [0.3, 0.4) is 0 Å². The quantitative estimate of drug-likeness (QED) is 0.257. The SMILES string of the molecule is O=C(O)C[C@@H](C(=O)Nc1ccc(Nc2cnccn2)nc1-c1ccnc(N2CCNCC2)c1)c1ccccc1. The minimum atomic E-state index is -1.06. The number of anilines is 4. The molecule has 1 aromatic carbocycles. The predicted octanol–water partition coefficient (Wildman–Crippen LogP) is 3.28. The molecule has 0 spiro atoms. The van der Waals surface area contributed by atoms with E-state index in [-0.39, 0.29) is 6.42 Å². The minimum absolute atomic E-state index is 0.340. The maximum absolute atomic E-state index is 13.5. The van der Waals surface area contributed by atoms with Gasteiger partial charge in [0.1, 0.15) is 17.5 Å². The second-order valence-electron chi connectivity index (χ2n) is 9.00. The number of carbonyl (C=O) groups excluding carboxylic acids is 1. The Bertz CT molecular complexity index is 1430. The number of piperazine rings is 1. The van der Waals surface area contributed by atoms with Crippen molar-refractivity contribution in [1.29, 1.82) is 0 Å². The Morgan fingerprint density at radius 3 is 2.54 bits per heavy atom. The van der Waals surface area contributed by atoms with Gasteiger partial charge in [0.15, 0.2) is 0 Å². The van der Waals surface area contributed by atoms with Crippen molar-refractivity contribution in [2.24, 2.45) is 0 Å². The van der Waals surface area contributed by atoms with Gasteiger partial charge in [0.2, 0.25) is 5.91 Å². The Kier molecular flexibility index (Phi) is 7.98. The van der Waals surface area contributed by atoms with Crippen LogP contribution >= 0.6 is 0 Å². The van der Waals surface area contributed by atoms with Crippen molar-refractivity contribution < 1.29 is 14.7 Å². The first-order valence-electron chi connectivity index (χ1n) is 12.6. The minimum Gasteiger partial charge on any atom is -0.481 e. The molecular weight excluding hydrogens is 496 g/mol. The zero-order valence-electron chi connectivity index (χ0n) is 21.1. The zero-order chi connectivity index (χ0) is 27.0. The fraction of sp³-hybridized carbons (Fsp3) is 0.214. The molecule has 5 rings (SSSR count). The van der Waals surface area contributed by atoms with Gasteiger partial charge in [-0.3, -0.25) is 14.6 Å². The summed E-state index contributed by atoms with van der Waals surface area (Å²) in [6.45, 7) is 3.40. The summed E-state index contributed by atoms with van der Waals surface area (Å²) < 4.78 is 0. The first-order valence-corrected chi connectivity index (χ1v) is 12.6. The highest BCUT2D eigenvalue weighted by Crippen LogP contribution is 2.32. The van der Waals surface area contributed by atoms with E-state index in [9.17, 15) is 14.7 Å². The molecule has 0 saturated carbocycles. The summed E-state index contributed by atoms with van der Waals surface area (Å²) >= 11 is 0. The highest BCUT2D eigenvalue weighted by molar-refractivity contribution is 6.00. The van der Waals surface area contributed by atoms with E-state index < -0.39 is 17.8 Å². The number of aromatic nitrogens is 4. The lowest BCUT2D eigenvalue weighted by molar-refractivity contribution is -0.139. The molecule has 11 heteroatoms. The van der Waals surface area contributed by atoms with Gasteiger partial charge in [0.25, 0.3) is 0 Å². The fourth-order valence-electron chi connectivity index (χ4n) is 4.42. The Morgan fingerprint density at radius 2 is 1.79 bits per heavy atom. The van der Waals surface area contributed by atoms with E-state index in [4.69, 9.17) is 4.98 Å². The largest absolute Gasteiger partial charge is 0.481 e. The third-order valence-electron chi connectivity index (χ3n) is 6.33. The van der Waals surface area contributed by atoms with Crippen LogP contribution in [0.25, 0.3) is 11.3 Å². The normalized spacial score (nSPS) is 13.9. The number of pyridine rings is 2. The fourth-order valence-corrected chi connectivity index (χ4v) is 4.42. The number of amides is 1. The van der Waals surface area contributed by atoms with Crippen LogP contribution in [0.5, 0.6) is 0 Å². The molecule has 3 aromatic heterocycles. The van der Waals surface area contributed by atoms with Crippen LogP contribution in [0.2, 0.25) is 0 Å². The highest BCUT2D eigenvalue weighted by Gasteiger charge is 2.25. The summed E-state index contributed by atoms with van der Waals surface area (Å²) in [4.78, 5) is 44.9. The number of nitrogens with zero attached hydrogens (tertiary/aromatic N) is 5. The van der Waals surface area contributed by atoms with Gasteiger partial charge in [-0.25, -0.2) is 15.0 Å². The van der Waals surface area contributed by atoms with Gasteiger partial charge in [-0.05, 0) is 29.8 Å². The van der Waals surface area contributed by atoms with Crippen molar-refractivity contribution in [1.82, 2.24) is 25.3 Å². The molecule has 1 aliphatic heterocycles. The van der Waals surface area contributed by atoms with E-state index in [2.05, 4.69) is 35.8 Å². The number of benzene rings is 1. The highest BCUT2D eigenvalue weighted by atomic mass is 16.4. The number of hydrogen-bond acceptors (Lipinski definition) is 9. The average Bonchev–Trinajstić information content (AvgIpc) is 2.98. The predicted molar refractivity (Wildman–Crippen MR) is 148 cm³/mol. The molecule has 1 fully saturated rings. The number of carboxylic acids is 1. The molecule has 1 aliphatic rings. The molecule has 4 N–H and O–H groups in total. The number of nitrogens with one attached hydrogen (secondary N) is 3. The lowest BCUT2D eigenvalue weighted by Crippen LogP contribution is -2.43. The van der Waals surface area contributed by atoms with Crippen LogP contribution in [0.4, 0.5) is 23.1 Å². The van der Waals surface area contributed by atoms with E-state index in [1.807, 2.05) is 18.2 Å². The van der Waals surface area contributed by atoms with Crippen LogP contribution in [0.15, 0.2) is 79.4 Å². The smallest absolute Gasteiger partial charge is 0.304 e. The van der Waals surface area contributed by atoms with Crippen molar-refractivity contribution in [2.45, 2.75) is 12.3 Å². The molecule has 4 heterocycles. The molecule has 11 nitrogen and oxygen atoms in total. The number of hydrogen-bond donors (Lipinski definition) is 4. The number of carboxylic acid groups (broad SMARTS) is 1. The Balaban J connectivity index is 1.50. The van der Waals surface area contributed by atoms with Gasteiger partial charge in [-0.15, -0.1) is 0 Å². The van der Waals surface area contributed by atoms with Crippen molar-refractivity contribution in [3.05, 3.63) is 84.9 Å². The van der Waals surface area contributed by atoms with Gasteiger partial charge in [-0.1, -0.05) is 30.3 Å². The van der Waals surface area contributed by atoms with E-state index in [0.717, 1.165) is 37.6 Å². The van der Waals surface area contributed by atoms with Crippen LogP contribution in [-0.2, 0) is 9.59 Å². The summed E-state index contributed by atoms with van der Waals surface area (Å²) in [5, 5.41) is 18.9. The average molecular weight is 525 g/mol. The number of aliphatic carboxylic acids is 1. The Hall–Kier alpha value is -4.90. The van der Waals surface area contributed by atoms with Crippen molar-refractivity contribution in [3.63, 3.8) is 0 Å². The molecule has 39 heavy (non-hydrogen) atoms. The summed E-state index contributed by atoms with van der Waals surface area (Å²) in [5.74, 6) is -0.520. The van der Waals surface area contributed by atoms with Gasteiger partial charge in [0.05, 0.1) is 29.9 Å². The second-order valence-corrected chi connectivity index (χ2v) is 9.00. The molecule has 0 bridgehead atoms. The first-order chi connectivity index (χ1) is 19.1. The van der Waals surface area contributed by atoms with Crippen LogP contribution in [0, 0.1) is 0 Å². The van der Waals surface area contributed by atoms with Gasteiger partial charge < -0.3 is 26.0 Å². The summed E-state index contributed by atoms with van der Waals surface area (Å²) in [6.07, 6.45) is 6.12. The van der Waals surface area contributed by atoms with Crippen LogP contribution in [-0.4, -0.2) is 63.1 Å². The van der Waals surface area contributed by atoms with Crippen molar-refractivity contribution in [2.75, 3.05) is 41.7 Å². The van der Waals surface area contributed by atoms with Gasteiger partial charge >= 0.3 is 5.97 Å². The number of carbonyl (C=O) groups is 2. The standard InChI is InChI=1S/C28H28N8O3/c37-26(38)17-21(19-4-2-1-3-5-19)28(39)33-22-6-7-23(34-24-18-30-10-11-31-24)35-27(22)20-8-9-32-25(16-20)36-14-12-29-13-15-36/h1-11,16,18,21,29H,12-15,17H2,(H,33,39)(H,37,38)(H,31,34,35)/t21-/m1/s1. The molecule has 198 valence electrons. The maximum Gasteiger partial charge on any atom is 0.304 e. The maximum atomic E-state index is 13.5. The second kappa shape index (κ2) is 12.1. The Labute approximate surface area is 225 Å². The van der Waals surface area contributed by atoms with Gasteiger partial charge in [-0.2, -0.15) is 0 Å². The molecule has 0 aliphatic carbocycles. The summed E-state index contributed by atoms with van der Waals surface area (Å²) in [5.41, 5.74) is 2.34. The lowest BCUT2D eigenvalue weighted by Gasteiger charge is -2.28. The Morgan fingerprint density at radius 1 is 0.974 bits per heavy atom. The molecule has 0 radical (unpaired) electrons. The molecule has 1 amide bonds. The monoisotopic (exact) mass is 524 g/mol. The van der Waals surface area contributed by atoms with E-state index in [1.54, 1.807) is 61.2 Å². The summed E-state index contributed by atoms with van der Waals surface area (Å²) in [7, 11) is 0.